The zero-order valence-corrected chi connectivity index (χ0v) is 17.2. The van der Waals surface area contributed by atoms with Crippen LogP contribution < -0.4 is 5.32 Å². The summed E-state index contributed by atoms with van der Waals surface area (Å²) in [6.45, 7) is 4.30. The molecule has 0 aliphatic carbocycles. The largest absolute Gasteiger partial charge is 0.355 e. The second-order valence-electron chi connectivity index (χ2n) is 6.81. The van der Waals surface area contributed by atoms with E-state index in [1.54, 1.807) is 23.5 Å². The lowest BCUT2D eigenvalue weighted by Crippen LogP contribution is -2.32. The molecule has 1 N–H and O–H groups in total. The molecule has 2 unspecified atom stereocenters. The first-order valence-electron chi connectivity index (χ1n) is 9.51. The van der Waals surface area contributed by atoms with Gasteiger partial charge in [-0.15, -0.1) is 11.3 Å². The minimum atomic E-state index is -0.416. The lowest BCUT2D eigenvalue weighted by Gasteiger charge is -2.18. The van der Waals surface area contributed by atoms with E-state index in [2.05, 4.69) is 10.3 Å². The molecule has 2 atom stereocenters. The highest BCUT2D eigenvalue weighted by atomic mass is 32.1. The molecule has 0 saturated heterocycles. The van der Waals surface area contributed by atoms with Gasteiger partial charge in [-0.3, -0.25) is 14.9 Å². The standard InChI is InChI=1S/C22H23N3O3S/c1-3-18-14-29-22(24-18)20(17-9-11-19(12-10-17)25(27)28)13-23-21(26)15(2)16-7-5-4-6-8-16/h4-12,14-15,20H,3,13H2,1-2H3,(H,23,26). The highest BCUT2D eigenvalue weighted by Crippen LogP contribution is 2.29. The van der Waals surface area contributed by atoms with Gasteiger partial charge in [0.1, 0.15) is 5.01 Å². The molecule has 3 rings (SSSR count). The fraction of sp³-hybridized carbons (Fsp3) is 0.273. The monoisotopic (exact) mass is 409 g/mol. The van der Waals surface area contributed by atoms with Crippen molar-refractivity contribution in [2.75, 3.05) is 6.54 Å². The third kappa shape index (κ3) is 5.06. The molecule has 0 aliphatic heterocycles. The first-order chi connectivity index (χ1) is 14.0. The Morgan fingerprint density at radius 2 is 1.83 bits per heavy atom. The maximum absolute atomic E-state index is 12.7. The minimum Gasteiger partial charge on any atom is -0.355 e. The summed E-state index contributed by atoms with van der Waals surface area (Å²) < 4.78 is 0. The maximum atomic E-state index is 12.7. The number of benzene rings is 2. The fourth-order valence-electron chi connectivity index (χ4n) is 3.07. The number of carbonyl (C=O) groups excluding carboxylic acids is 1. The summed E-state index contributed by atoms with van der Waals surface area (Å²) in [4.78, 5) is 27.9. The van der Waals surface area contributed by atoms with Crippen molar-refractivity contribution in [3.8, 4) is 0 Å². The van der Waals surface area contributed by atoms with Crippen LogP contribution >= 0.6 is 11.3 Å². The number of rotatable bonds is 8. The van der Waals surface area contributed by atoms with E-state index in [1.165, 1.54) is 12.1 Å². The van der Waals surface area contributed by atoms with Crippen LogP contribution in [0.25, 0.3) is 0 Å². The van der Waals surface area contributed by atoms with Crippen molar-refractivity contribution in [3.05, 3.63) is 91.9 Å². The number of thiazole rings is 1. The molecule has 1 amide bonds. The number of carbonyl (C=O) groups is 1. The summed E-state index contributed by atoms with van der Waals surface area (Å²) in [5.41, 5.74) is 2.89. The van der Waals surface area contributed by atoms with Crippen LogP contribution in [0.3, 0.4) is 0 Å². The maximum Gasteiger partial charge on any atom is 0.269 e. The van der Waals surface area contributed by atoms with Crippen LogP contribution in [0.2, 0.25) is 0 Å². The third-order valence-electron chi connectivity index (χ3n) is 4.91. The molecule has 6 nitrogen and oxygen atoms in total. The minimum absolute atomic E-state index is 0.0441. The smallest absolute Gasteiger partial charge is 0.269 e. The normalized spacial score (nSPS) is 12.9. The van der Waals surface area contributed by atoms with Crippen LogP contribution in [0.4, 0.5) is 5.69 Å². The van der Waals surface area contributed by atoms with Gasteiger partial charge in [0.05, 0.1) is 22.5 Å². The van der Waals surface area contributed by atoms with Gasteiger partial charge >= 0.3 is 0 Å². The molecule has 0 spiro atoms. The number of aromatic nitrogens is 1. The molecule has 0 radical (unpaired) electrons. The molecule has 1 aromatic heterocycles. The zero-order chi connectivity index (χ0) is 20.8. The van der Waals surface area contributed by atoms with E-state index in [0.29, 0.717) is 6.54 Å². The number of nitro groups is 1. The summed E-state index contributed by atoms with van der Waals surface area (Å²) >= 11 is 1.55. The molecule has 150 valence electrons. The van der Waals surface area contributed by atoms with Crippen molar-refractivity contribution in [1.82, 2.24) is 10.3 Å². The third-order valence-corrected chi connectivity index (χ3v) is 5.92. The second kappa shape index (κ2) is 9.43. The Morgan fingerprint density at radius 3 is 2.41 bits per heavy atom. The Morgan fingerprint density at radius 1 is 1.14 bits per heavy atom. The van der Waals surface area contributed by atoms with Crippen LogP contribution in [-0.4, -0.2) is 22.4 Å². The molecule has 7 heteroatoms. The predicted octanol–water partition coefficient (Wildman–Crippen LogP) is 4.67. The quantitative estimate of drug-likeness (QED) is 0.433. The van der Waals surface area contributed by atoms with Gasteiger partial charge in [0, 0.05) is 24.1 Å². The Bertz CT molecular complexity index is 970. The molecule has 3 aromatic rings. The number of aryl methyl sites for hydroxylation is 1. The van der Waals surface area contributed by atoms with Crippen molar-refractivity contribution in [1.29, 1.82) is 0 Å². The highest BCUT2D eigenvalue weighted by molar-refractivity contribution is 7.09. The number of hydrogen-bond acceptors (Lipinski definition) is 5. The summed E-state index contributed by atoms with van der Waals surface area (Å²) in [5, 5.41) is 16.9. The number of amides is 1. The molecule has 0 fully saturated rings. The van der Waals surface area contributed by atoms with E-state index in [1.807, 2.05) is 49.6 Å². The summed E-state index contributed by atoms with van der Waals surface area (Å²) in [7, 11) is 0. The fourth-order valence-corrected chi connectivity index (χ4v) is 4.10. The van der Waals surface area contributed by atoms with Crippen LogP contribution in [0, 0.1) is 10.1 Å². The van der Waals surface area contributed by atoms with Gasteiger partial charge < -0.3 is 5.32 Å². The Hall–Kier alpha value is -3.06. The number of nitrogens with one attached hydrogen (secondary N) is 1. The molecule has 2 aromatic carbocycles. The van der Waals surface area contributed by atoms with E-state index in [0.717, 1.165) is 28.2 Å². The Kier molecular flexibility index (Phi) is 6.72. The number of non-ortho nitro benzene ring substituents is 1. The lowest BCUT2D eigenvalue weighted by molar-refractivity contribution is -0.384. The SMILES string of the molecule is CCc1csc(C(CNC(=O)C(C)c2ccccc2)c2ccc([N+](=O)[O-])cc2)n1. The summed E-state index contributed by atoms with van der Waals surface area (Å²) in [5.74, 6) is -0.486. The molecular formula is C22H23N3O3S. The van der Waals surface area contributed by atoms with Gasteiger partial charge in [-0.2, -0.15) is 0 Å². The van der Waals surface area contributed by atoms with Crippen molar-refractivity contribution >= 4 is 22.9 Å². The Labute approximate surface area is 173 Å². The van der Waals surface area contributed by atoms with Crippen molar-refractivity contribution in [2.24, 2.45) is 0 Å². The average molecular weight is 410 g/mol. The number of nitro benzene ring substituents is 1. The van der Waals surface area contributed by atoms with Gasteiger partial charge in [-0.05, 0) is 24.5 Å². The molecular weight excluding hydrogens is 386 g/mol. The topological polar surface area (TPSA) is 85.1 Å². The first-order valence-corrected chi connectivity index (χ1v) is 10.4. The molecule has 29 heavy (non-hydrogen) atoms. The summed E-state index contributed by atoms with van der Waals surface area (Å²) in [6, 6.07) is 16.1. The van der Waals surface area contributed by atoms with Gasteiger partial charge in [0.25, 0.3) is 5.69 Å². The van der Waals surface area contributed by atoms with Gasteiger partial charge in [0.15, 0.2) is 0 Å². The van der Waals surface area contributed by atoms with Crippen LogP contribution in [-0.2, 0) is 11.2 Å². The van der Waals surface area contributed by atoms with E-state index in [-0.39, 0.29) is 23.4 Å². The van der Waals surface area contributed by atoms with Gasteiger partial charge in [0.2, 0.25) is 5.91 Å². The number of nitrogens with zero attached hydrogens (tertiary/aromatic N) is 2. The van der Waals surface area contributed by atoms with E-state index < -0.39 is 4.92 Å². The van der Waals surface area contributed by atoms with E-state index in [4.69, 9.17) is 0 Å². The van der Waals surface area contributed by atoms with Gasteiger partial charge in [-0.25, -0.2) is 4.98 Å². The summed E-state index contributed by atoms with van der Waals surface area (Å²) in [6.07, 6.45) is 0.834. The van der Waals surface area contributed by atoms with Crippen LogP contribution in [0.1, 0.15) is 47.5 Å². The highest BCUT2D eigenvalue weighted by Gasteiger charge is 2.22. The molecule has 0 aliphatic rings. The second-order valence-corrected chi connectivity index (χ2v) is 7.70. The molecule has 0 saturated carbocycles. The van der Waals surface area contributed by atoms with Crippen molar-refractivity contribution in [2.45, 2.75) is 32.1 Å². The predicted molar refractivity (Wildman–Crippen MR) is 114 cm³/mol. The zero-order valence-electron chi connectivity index (χ0n) is 16.4. The molecule has 1 heterocycles. The van der Waals surface area contributed by atoms with E-state index >= 15 is 0 Å². The Balaban J connectivity index is 1.79. The molecule has 0 bridgehead atoms. The van der Waals surface area contributed by atoms with E-state index in [9.17, 15) is 14.9 Å². The van der Waals surface area contributed by atoms with Gasteiger partial charge in [-0.1, -0.05) is 49.4 Å². The first kappa shape index (κ1) is 20.7. The van der Waals surface area contributed by atoms with Crippen molar-refractivity contribution < 1.29 is 9.72 Å². The average Bonchev–Trinajstić information content (AvgIpc) is 3.23. The van der Waals surface area contributed by atoms with Crippen LogP contribution in [0.5, 0.6) is 0 Å². The lowest BCUT2D eigenvalue weighted by atomic mass is 9.97. The van der Waals surface area contributed by atoms with Crippen LogP contribution in [0.15, 0.2) is 60.0 Å². The number of hydrogen-bond donors (Lipinski definition) is 1. The van der Waals surface area contributed by atoms with Crippen molar-refractivity contribution in [3.63, 3.8) is 0 Å².